The van der Waals surface area contributed by atoms with Gasteiger partial charge in [0.15, 0.2) is 0 Å². The van der Waals surface area contributed by atoms with Gasteiger partial charge in [0.25, 0.3) is 0 Å². The number of ketones is 1. The third kappa shape index (κ3) is 2.37. The number of hydrogen-bond donors (Lipinski definition) is 0. The summed E-state index contributed by atoms with van der Waals surface area (Å²) >= 11 is 4.52. The van der Waals surface area contributed by atoms with Crippen LogP contribution in [0.5, 0.6) is 0 Å². The quantitative estimate of drug-likeness (QED) is 0.792. The minimum Gasteiger partial charge on any atom is -0.286 e. The van der Waals surface area contributed by atoms with Crippen molar-refractivity contribution in [1.29, 1.82) is 0 Å². The molecular weight excluding hydrogens is 316 g/mol. The first-order valence-corrected chi connectivity index (χ1v) is 7.32. The van der Waals surface area contributed by atoms with Crippen molar-refractivity contribution in [1.82, 2.24) is 19.4 Å². The van der Waals surface area contributed by atoms with Crippen LogP contribution in [0.25, 0.3) is 0 Å². The fraction of sp³-hybridized carbons (Fsp3) is 0.455. The van der Waals surface area contributed by atoms with E-state index >= 15 is 0 Å². The van der Waals surface area contributed by atoms with E-state index in [0.29, 0.717) is 17.0 Å². The molecule has 0 unspecified atom stereocenters. The Balaban J connectivity index is 2.42. The molecule has 5 nitrogen and oxygen atoms in total. The summed E-state index contributed by atoms with van der Waals surface area (Å²) in [6.45, 7) is 4.74. The molecule has 0 spiro atoms. The predicted molar refractivity (Wildman–Crippen MR) is 72.9 cm³/mol. The van der Waals surface area contributed by atoms with Crippen LogP contribution in [0.4, 0.5) is 0 Å². The Morgan fingerprint density at radius 2 is 2.28 bits per heavy atom. The summed E-state index contributed by atoms with van der Waals surface area (Å²) in [6.07, 6.45) is 3.29. The Hall–Kier alpha value is -1.08. The topological polar surface area (TPSA) is 60.7 Å². The van der Waals surface area contributed by atoms with Crippen molar-refractivity contribution in [2.45, 2.75) is 33.2 Å². The Bertz CT molecular complexity index is 563. The normalized spacial score (nSPS) is 10.8. The highest BCUT2D eigenvalue weighted by Gasteiger charge is 2.23. The lowest BCUT2D eigenvalue weighted by Crippen LogP contribution is -2.12. The number of aromatic nitrogens is 4. The largest absolute Gasteiger partial charge is 0.286 e. The van der Waals surface area contributed by atoms with Gasteiger partial charge in [0, 0.05) is 6.54 Å². The van der Waals surface area contributed by atoms with E-state index in [1.54, 1.807) is 10.9 Å². The lowest BCUT2D eigenvalue weighted by molar-refractivity contribution is 0.103. The molecular formula is C11H13BrN4OS. The van der Waals surface area contributed by atoms with Gasteiger partial charge in [-0.15, -0.1) is 5.10 Å². The fourth-order valence-electron chi connectivity index (χ4n) is 1.69. The predicted octanol–water partition coefficient (Wildman–Crippen LogP) is 2.70. The van der Waals surface area contributed by atoms with E-state index in [-0.39, 0.29) is 5.78 Å². The molecule has 0 atom stereocenters. The Morgan fingerprint density at radius 3 is 2.94 bits per heavy atom. The number of carbonyl (C=O) groups excluding carboxylic acids is 1. The maximum atomic E-state index is 12.5. The second kappa shape index (κ2) is 5.71. The van der Waals surface area contributed by atoms with Crippen LogP contribution in [-0.2, 0) is 13.0 Å². The van der Waals surface area contributed by atoms with E-state index in [1.807, 2.05) is 6.92 Å². The first-order chi connectivity index (χ1) is 8.69. The zero-order valence-electron chi connectivity index (χ0n) is 10.2. The molecule has 2 rings (SSSR count). The average molecular weight is 329 g/mol. The molecule has 2 aromatic heterocycles. The van der Waals surface area contributed by atoms with Gasteiger partial charge < -0.3 is 0 Å². The second-order valence-electron chi connectivity index (χ2n) is 3.80. The zero-order valence-corrected chi connectivity index (χ0v) is 12.6. The van der Waals surface area contributed by atoms with Gasteiger partial charge in [-0.25, -0.2) is 0 Å². The van der Waals surface area contributed by atoms with Crippen molar-refractivity contribution < 1.29 is 4.79 Å². The van der Waals surface area contributed by atoms with Crippen LogP contribution in [0.15, 0.2) is 10.7 Å². The molecule has 0 aliphatic rings. The highest BCUT2D eigenvalue weighted by Crippen LogP contribution is 2.23. The van der Waals surface area contributed by atoms with Gasteiger partial charge in [0.05, 0.1) is 16.4 Å². The highest BCUT2D eigenvalue weighted by molar-refractivity contribution is 9.10. The van der Waals surface area contributed by atoms with Crippen molar-refractivity contribution in [2.24, 2.45) is 0 Å². The van der Waals surface area contributed by atoms with Crippen molar-refractivity contribution in [2.75, 3.05) is 0 Å². The number of halogens is 1. The van der Waals surface area contributed by atoms with Crippen molar-refractivity contribution in [3.63, 3.8) is 0 Å². The first-order valence-electron chi connectivity index (χ1n) is 5.76. The Morgan fingerprint density at radius 1 is 1.50 bits per heavy atom. The zero-order chi connectivity index (χ0) is 13.1. The smallest absolute Gasteiger partial charge is 0.225 e. The maximum Gasteiger partial charge on any atom is 0.225 e. The number of aryl methyl sites for hydroxylation is 2. The number of rotatable bonds is 5. The molecule has 2 heterocycles. The molecule has 0 N–H and O–H groups in total. The summed E-state index contributed by atoms with van der Waals surface area (Å²) in [6, 6.07) is 0. The van der Waals surface area contributed by atoms with E-state index in [2.05, 4.69) is 37.5 Å². The Labute approximate surface area is 118 Å². The Kier molecular flexibility index (Phi) is 4.23. The molecule has 0 aliphatic heterocycles. The molecule has 0 aliphatic carbocycles. The van der Waals surface area contributed by atoms with E-state index in [9.17, 15) is 4.79 Å². The lowest BCUT2D eigenvalue weighted by atomic mass is 10.2. The van der Waals surface area contributed by atoms with Crippen LogP contribution in [0.3, 0.4) is 0 Å². The van der Waals surface area contributed by atoms with Gasteiger partial charge in [-0.1, -0.05) is 18.3 Å². The molecule has 0 saturated carbocycles. The standard InChI is InChI=1S/C11H13BrN4OS/c1-3-5-16-9(7(12)6-13-16)10(17)11-8(4-2)14-15-18-11/h6H,3-5H2,1-2H3. The average Bonchev–Trinajstić information content (AvgIpc) is 2.96. The van der Waals surface area contributed by atoms with Crippen LogP contribution >= 0.6 is 27.5 Å². The van der Waals surface area contributed by atoms with Crippen LogP contribution in [0.2, 0.25) is 0 Å². The molecule has 2 aromatic rings. The molecule has 0 aromatic carbocycles. The van der Waals surface area contributed by atoms with Crippen molar-refractivity contribution in [3.05, 3.63) is 26.9 Å². The molecule has 96 valence electrons. The molecule has 0 saturated heterocycles. The second-order valence-corrected chi connectivity index (χ2v) is 5.40. The summed E-state index contributed by atoms with van der Waals surface area (Å²) in [5, 5.41) is 8.18. The molecule has 0 radical (unpaired) electrons. The summed E-state index contributed by atoms with van der Waals surface area (Å²) in [4.78, 5) is 13.1. The summed E-state index contributed by atoms with van der Waals surface area (Å²) in [7, 11) is 0. The highest BCUT2D eigenvalue weighted by atomic mass is 79.9. The van der Waals surface area contributed by atoms with Crippen molar-refractivity contribution in [3.8, 4) is 0 Å². The number of hydrogen-bond acceptors (Lipinski definition) is 5. The van der Waals surface area contributed by atoms with Gasteiger partial charge in [-0.05, 0) is 40.3 Å². The minimum atomic E-state index is -0.0559. The van der Waals surface area contributed by atoms with Gasteiger partial charge >= 0.3 is 0 Å². The third-order valence-electron chi connectivity index (χ3n) is 2.54. The molecule has 0 amide bonds. The minimum absolute atomic E-state index is 0.0559. The van der Waals surface area contributed by atoms with Crippen molar-refractivity contribution >= 4 is 33.2 Å². The van der Waals surface area contributed by atoms with Crippen LogP contribution < -0.4 is 0 Å². The van der Waals surface area contributed by atoms with Gasteiger partial charge in [0.1, 0.15) is 10.6 Å². The summed E-state index contributed by atoms with van der Waals surface area (Å²) < 4.78 is 6.30. The number of carbonyl (C=O) groups is 1. The van der Waals surface area contributed by atoms with E-state index < -0.39 is 0 Å². The van der Waals surface area contributed by atoms with Gasteiger partial charge in [-0.2, -0.15) is 5.10 Å². The van der Waals surface area contributed by atoms with Crippen LogP contribution in [0, 0.1) is 0 Å². The van der Waals surface area contributed by atoms with E-state index in [0.717, 1.165) is 34.7 Å². The molecule has 0 fully saturated rings. The van der Waals surface area contributed by atoms with Crippen LogP contribution in [-0.4, -0.2) is 25.2 Å². The first kappa shape index (κ1) is 13.4. The molecule has 0 bridgehead atoms. The van der Waals surface area contributed by atoms with E-state index in [1.165, 1.54) is 0 Å². The fourth-order valence-corrected chi connectivity index (χ4v) is 2.86. The van der Waals surface area contributed by atoms with Crippen LogP contribution in [0.1, 0.15) is 41.3 Å². The SMILES string of the molecule is CCCn1ncc(Br)c1C(=O)c1snnc1CC. The summed E-state index contributed by atoms with van der Waals surface area (Å²) in [5.74, 6) is -0.0559. The molecule has 7 heteroatoms. The van der Waals surface area contributed by atoms with Gasteiger partial charge in [0.2, 0.25) is 5.78 Å². The summed E-state index contributed by atoms with van der Waals surface area (Å²) in [5.41, 5.74) is 1.33. The van der Waals surface area contributed by atoms with Gasteiger partial charge in [-0.3, -0.25) is 9.48 Å². The lowest BCUT2D eigenvalue weighted by Gasteiger charge is -2.05. The third-order valence-corrected chi connectivity index (χ3v) is 3.89. The maximum absolute atomic E-state index is 12.5. The van der Waals surface area contributed by atoms with E-state index in [4.69, 9.17) is 0 Å². The monoisotopic (exact) mass is 328 g/mol. The molecule has 18 heavy (non-hydrogen) atoms. The number of nitrogens with zero attached hydrogens (tertiary/aromatic N) is 4.